The van der Waals surface area contributed by atoms with Crippen LogP contribution in [-0.4, -0.2) is 69.6 Å². The van der Waals surface area contributed by atoms with Gasteiger partial charge in [-0.25, -0.2) is 4.39 Å². The number of carbonyl (C=O) groups is 5. The molecule has 0 amide bonds. The van der Waals surface area contributed by atoms with Gasteiger partial charge in [0.1, 0.15) is 12.1 Å². The summed E-state index contributed by atoms with van der Waals surface area (Å²) in [4.78, 5) is 50.5. The van der Waals surface area contributed by atoms with Gasteiger partial charge in [-0.2, -0.15) is 0 Å². The monoisotopic (exact) mass is 383 g/mol. The van der Waals surface area contributed by atoms with Crippen molar-refractivity contribution in [3.05, 3.63) is 0 Å². The average Bonchev–Trinajstić information content (AvgIpc) is 2.52. The molecular formula is C14H26FN3O8. The second kappa shape index (κ2) is 14.9. The first-order valence-corrected chi connectivity index (χ1v) is 7.26. The summed E-state index contributed by atoms with van der Waals surface area (Å²) >= 11 is 0. The number of rotatable bonds is 8. The van der Waals surface area contributed by atoms with E-state index in [0.717, 1.165) is 0 Å². The van der Waals surface area contributed by atoms with E-state index in [1.807, 2.05) is 0 Å². The number of Topliss-reactive ketones (excluding diaryl/α,β-unsaturated/α-hetero) is 2. The van der Waals surface area contributed by atoms with Crippen LogP contribution in [0.15, 0.2) is 0 Å². The Hall–Kier alpha value is -2.44. The number of carbonyl (C=O) groups excluding carboxylic acids is 2. The number of aliphatic carboxylic acids is 3. The van der Waals surface area contributed by atoms with Crippen molar-refractivity contribution >= 4 is 29.5 Å². The number of hydrogen-bond acceptors (Lipinski definition) is 8. The first kappa shape index (κ1) is 28.4. The van der Waals surface area contributed by atoms with E-state index in [4.69, 9.17) is 32.5 Å². The molecule has 3 atom stereocenters. The molecule has 0 aliphatic carbocycles. The second-order valence-electron chi connectivity index (χ2n) is 5.36. The van der Waals surface area contributed by atoms with Crippen LogP contribution < -0.4 is 17.2 Å². The van der Waals surface area contributed by atoms with Crippen LogP contribution in [0.4, 0.5) is 4.39 Å². The molecular weight excluding hydrogens is 357 g/mol. The van der Waals surface area contributed by atoms with Crippen LogP contribution in [0.3, 0.4) is 0 Å². The summed E-state index contributed by atoms with van der Waals surface area (Å²) in [7, 11) is 0. The number of halogens is 1. The molecule has 0 heterocycles. The predicted octanol–water partition coefficient (Wildman–Crippen LogP) is -1.63. The molecule has 0 aliphatic rings. The Morgan fingerprint density at radius 1 is 0.885 bits per heavy atom. The SMILES string of the molecule is CC(C)[C@H](N)C(=O)O.C[C@H](N)C(=O)O.N[C@@H](CC(=O)O)C(=O)C(=O)CF. The van der Waals surface area contributed by atoms with E-state index in [-0.39, 0.29) is 5.92 Å². The molecule has 0 aliphatic heterocycles. The van der Waals surface area contributed by atoms with Crippen LogP contribution in [0.1, 0.15) is 27.2 Å². The third-order valence-electron chi connectivity index (χ3n) is 2.52. The molecule has 0 bridgehead atoms. The first-order chi connectivity index (χ1) is 11.7. The second-order valence-corrected chi connectivity index (χ2v) is 5.36. The van der Waals surface area contributed by atoms with Crippen LogP contribution in [0.25, 0.3) is 0 Å². The summed E-state index contributed by atoms with van der Waals surface area (Å²) in [6.45, 7) is 3.53. The minimum absolute atomic E-state index is 0.0208. The molecule has 12 heteroatoms. The Morgan fingerprint density at radius 3 is 1.42 bits per heavy atom. The maximum Gasteiger partial charge on any atom is 0.320 e. The maximum absolute atomic E-state index is 11.6. The van der Waals surface area contributed by atoms with E-state index in [1.54, 1.807) is 13.8 Å². The van der Waals surface area contributed by atoms with Crippen molar-refractivity contribution in [2.75, 3.05) is 6.67 Å². The van der Waals surface area contributed by atoms with Crippen molar-refractivity contribution in [2.45, 2.75) is 45.3 Å². The van der Waals surface area contributed by atoms with E-state index >= 15 is 0 Å². The molecule has 0 aromatic carbocycles. The molecule has 0 spiro atoms. The molecule has 0 fully saturated rings. The van der Waals surface area contributed by atoms with E-state index in [2.05, 4.69) is 0 Å². The van der Waals surface area contributed by atoms with E-state index < -0.39 is 60.7 Å². The Balaban J connectivity index is -0.000000328. The van der Waals surface area contributed by atoms with Crippen LogP contribution >= 0.6 is 0 Å². The third-order valence-corrected chi connectivity index (χ3v) is 2.52. The number of alkyl halides is 1. The van der Waals surface area contributed by atoms with E-state index in [1.165, 1.54) is 6.92 Å². The van der Waals surface area contributed by atoms with Gasteiger partial charge in [0.25, 0.3) is 0 Å². The minimum Gasteiger partial charge on any atom is -0.481 e. The number of carboxylic acids is 3. The highest BCUT2D eigenvalue weighted by Gasteiger charge is 2.23. The van der Waals surface area contributed by atoms with Gasteiger partial charge < -0.3 is 32.5 Å². The quantitative estimate of drug-likeness (QED) is 0.261. The van der Waals surface area contributed by atoms with Crippen LogP contribution in [0, 0.1) is 5.92 Å². The van der Waals surface area contributed by atoms with Crippen molar-refractivity contribution in [2.24, 2.45) is 23.1 Å². The summed E-state index contributed by atoms with van der Waals surface area (Å²) < 4.78 is 11.6. The average molecular weight is 383 g/mol. The Bertz CT molecular complexity index is 497. The fourth-order valence-corrected chi connectivity index (χ4v) is 0.839. The van der Waals surface area contributed by atoms with Gasteiger partial charge in [0.2, 0.25) is 11.6 Å². The largest absolute Gasteiger partial charge is 0.481 e. The third kappa shape index (κ3) is 16.4. The molecule has 0 saturated carbocycles. The predicted molar refractivity (Wildman–Crippen MR) is 88.0 cm³/mol. The molecule has 0 radical (unpaired) electrons. The molecule has 26 heavy (non-hydrogen) atoms. The van der Waals surface area contributed by atoms with Crippen molar-refractivity contribution in [3.8, 4) is 0 Å². The Morgan fingerprint density at radius 2 is 1.27 bits per heavy atom. The van der Waals surface area contributed by atoms with Crippen LogP contribution in [-0.2, 0) is 24.0 Å². The summed E-state index contributed by atoms with van der Waals surface area (Å²) in [5.41, 5.74) is 15.0. The number of ketones is 2. The molecule has 0 saturated heterocycles. The van der Waals surface area contributed by atoms with Crippen LogP contribution in [0.2, 0.25) is 0 Å². The Kier molecular flexibility index (Phi) is 16.2. The van der Waals surface area contributed by atoms with E-state index in [0.29, 0.717) is 0 Å². The normalized spacial score (nSPS) is 13.1. The van der Waals surface area contributed by atoms with Crippen molar-refractivity contribution < 1.29 is 43.7 Å². The molecule has 9 N–H and O–H groups in total. The standard InChI is InChI=1S/C6H8FNO4.C5H11NO2.C3H7NO2/c7-2-4(9)6(12)3(8)1-5(10)11;1-3(2)4(6)5(7)8;1-2(4)3(5)6/h3H,1-2,8H2,(H,10,11);3-4H,6H2,1-2H3,(H,7,8);2H,4H2,1H3,(H,5,6)/t3-;4-;2-/m000/s1. The van der Waals surface area contributed by atoms with Gasteiger partial charge in [-0.3, -0.25) is 24.0 Å². The van der Waals surface area contributed by atoms with Crippen molar-refractivity contribution in [1.29, 1.82) is 0 Å². The summed E-state index contributed by atoms with van der Waals surface area (Å²) in [5, 5.41) is 24.2. The lowest BCUT2D eigenvalue weighted by molar-refractivity contribution is -0.142. The molecule has 0 rings (SSSR count). The summed E-state index contributed by atoms with van der Waals surface area (Å²) in [5.74, 6) is -5.64. The Labute approximate surface area is 149 Å². The highest BCUT2D eigenvalue weighted by Crippen LogP contribution is 1.96. The van der Waals surface area contributed by atoms with Crippen LogP contribution in [0.5, 0.6) is 0 Å². The van der Waals surface area contributed by atoms with Gasteiger partial charge in [0.15, 0.2) is 6.67 Å². The lowest BCUT2D eigenvalue weighted by atomic mass is 10.1. The minimum atomic E-state index is -1.44. The number of hydrogen-bond donors (Lipinski definition) is 6. The van der Waals surface area contributed by atoms with Gasteiger partial charge in [0, 0.05) is 0 Å². The highest BCUT2D eigenvalue weighted by atomic mass is 19.1. The number of carboxylic acid groups (broad SMARTS) is 3. The van der Waals surface area contributed by atoms with Crippen molar-refractivity contribution in [3.63, 3.8) is 0 Å². The summed E-state index contributed by atoms with van der Waals surface area (Å²) in [6.07, 6.45) is -0.662. The van der Waals surface area contributed by atoms with E-state index in [9.17, 15) is 28.4 Å². The summed E-state index contributed by atoms with van der Waals surface area (Å²) in [6, 6.07) is -2.88. The number of nitrogens with two attached hydrogens (primary N) is 3. The lowest BCUT2D eigenvalue weighted by Gasteiger charge is -2.07. The topological polar surface area (TPSA) is 224 Å². The lowest BCUT2D eigenvalue weighted by Crippen LogP contribution is -2.38. The van der Waals surface area contributed by atoms with Gasteiger partial charge in [-0.05, 0) is 12.8 Å². The fourth-order valence-electron chi connectivity index (χ4n) is 0.839. The van der Waals surface area contributed by atoms with Gasteiger partial charge in [-0.1, -0.05) is 13.8 Å². The fraction of sp³-hybridized carbons (Fsp3) is 0.643. The molecule has 0 aromatic heterocycles. The van der Waals surface area contributed by atoms with Gasteiger partial charge >= 0.3 is 17.9 Å². The van der Waals surface area contributed by atoms with Gasteiger partial charge in [0.05, 0.1) is 12.5 Å². The zero-order valence-electron chi connectivity index (χ0n) is 14.7. The molecule has 0 unspecified atom stereocenters. The first-order valence-electron chi connectivity index (χ1n) is 7.26. The molecule has 0 aromatic rings. The molecule has 11 nitrogen and oxygen atoms in total. The maximum atomic E-state index is 11.6. The van der Waals surface area contributed by atoms with Gasteiger partial charge in [-0.15, -0.1) is 0 Å². The highest BCUT2D eigenvalue weighted by molar-refractivity contribution is 6.39. The zero-order valence-corrected chi connectivity index (χ0v) is 14.7. The smallest absolute Gasteiger partial charge is 0.320 e. The zero-order chi connectivity index (χ0) is 21.6. The molecule has 152 valence electrons. The van der Waals surface area contributed by atoms with Crippen molar-refractivity contribution in [1.82, 2.24) is 0 Å².